The van der Waals surface area contributed by atoms with Gasteiger partial charge >= 0.3 is 12.1 Å². The lowest BCUT2D eigenvalue weighted by Gasteiger charge is -2.20. The second kappa shape index (κ2) is 5.26. The number of esters is 1. The van der Waals surface area contributed by atoms with Gasteiger partial charge in [-0.15, -0.1) is 0 Å². The molecule has 1 heterocycles. The molecule has 0 spiro atoms. The van der Waals surface area contributed by atoms with Crippen LogP contribution in [0.15, 0.2) is 18.2 Å². The van der Waals surface area contributed by atoms with Crippen molar-refractivity contribution in [3.8, 4) is 0 Å². The molecular formula is C16H14F3NO2. The number of nitrogens with zero attached hydrogens (tertiary/aromatic N) is 1. The number of pyridine rings is 1. The van der Waals surface area contributed by atoms with Crippen LogP contribution in [0.3, 0.4) is 0 Å². The fourth-order valence-electron chi connectivity index (χ4n) is 2.97. The van der Waals surface area contributed by atoms with E-state index in [1.807, 2.05) is 0 Å². The number of alkyl halides is 3. The quantitative estimate of drug-likeness (QED) is 0.750. The first-order chi connectivity index (χ1) is 10.4. The topological polar surface area (TPSA) is 39.2 Å². The molecule has 0 saturated heterocycles. The molecule has 22 heavy (non-hydrogen) atoms. The zero-order valence-electron chi connectivity index (χ0n) is 12.0. The summed E-state index contributed by atoms with van der Waals surface area (Å²) in [6.45, 7) is 0. The highest BCUT2D eigenvalue weighted by Gasteiger charge is 2.31. The maximum atomic E-state index is 12.9. The Morgan fingerprint density at radius 2 is 1.86 bits per heavy atom. The molecule has 0 bridgehead atoms. The number of hydrogen-bond donors (Lipinski definition) is 0. The molecule has 116 valence electrons. The summed E-state index contributed by atoms with van der Waals surface area (Å²) in [5.74, 6) is -0.542. The van der Waals surface area contributed by atoms with E-state index in [1.54, 1.807) is 0 Å². The van der Waals surface area contributed by atoms with Crippen molar-refractivity contribution in [2.45, 2.75) is 31.9 Å². The molecule has 6 heteroatoms. The number of methoxy groups -OCH3 is 1. The highest BCUT2D eigenvalue weighted by atomic mass is 19.4. The van der Waals surface area contributed by atoms with Crippen LogP contribution in [0.1, 0.15) is 40.0 Å². The molecule has 1 aromatic heterocycles. The van der Waals surface area contributed by atoms with Gasteiger partial charge in [-0.1, -0.05) is 0 Å². The molecule has 0 unspecified atom stereocenters. The first-order valence-electron chi connectivity index (χ1n) is 7.03. The smallest absolute Gasteiger partial charge is 0.416 e. The van der Waals surface area contributed by atoms with E-state index in [9.17, 15) is 18.0 Å². The van der Waals surface area contributed by atoms with Gasteiger partial charge in [0.15, 0.2) is 5.69 Å². The zero-order chi connectivity index (χ0) is 15.9. The Hall–Kier alpha value is -2.11. The van der Waals surface area contributed by atoms with Crippen LogP contribution in [0.5, 0.6) is 0 Å². The molecule has 0 atom stereocenters. The summed E-state index contributed by atoms with van der Waals surface area (Å²) in [4.78, 5) is 16.1. The Balaban J connectivity index is 2.29. The standard InChI is InChI=1S/C16H14F3NO2/c1-22-15(21)14-11-5-3-2-4-10(11)12-8-9(16(17,18)19)6-7-13(12)20-14/h6-8H,2-5H2,1H3. The summed E-state index contributed by atoms with van der Waals surface area (Å²) in [5, 5.41) is 0.483. The number of aromatic nitrogens is 1. The van der Waals surface area contributed by atoms with Crippen molar-refractivity contribution in [2.75, 3.05) is 7.11 Å². The van der Waals surface area contributed by atoms with Crippen molar-refractivity contribution in [3.05, 3.63) is 40.6 Å². The highest BCUT2D eigenvalue weighted by Crippen LogP contribution is 2.35. The van der Waals surface area contributed by atoms with Crippen molar-refractivity contribution in [2.24, 2.45) is 0 Å². The highest BCUT2D eigenvalue weighted by molar-refractivity contribution is 5.95. The van der Waals surface area contributed by atoms with E-state index < -0.39 is 17.7 Å². The lowest BCUT2D eigenvalue weighted by atomic mass is 9.87. The van der Waals surface area contributed by atoms with Gasteiger partial charge in [0.2, 0.25) is 0 Å². The normalized spacial score (nSPS) is 14.7. The SMILES string of the molecule is COC(=O)c1nc2ccc(C(F)(F)F)cc2c2c1CCCC2. The number of aryl methyl sites for hydroxylation is 1. The number of ether oxygens (including phenoxy) is 1. The average molecular weight is 309 g/mol. The summed E-state index contributed by atoms with van der Waals surface area (Å²) in [7, 11) is 1.27. The molecule has 2 aromatic rings. The number of halogens is 3. The number of carbonyl (C=O) groups is 1. The summed E-state index contributed by atoms with van der Waals surface area (Å²) < 4.78 is 43.5. The Morgan fingerprint density at radius 1 is 1.18 bits per heavy atom. The minimum absolute atomic E-state index is 0.226. The Morgan fingerprint density at radius 3 is 2.50 bits per heavy atom. The van der Waals surface area contributed by atoms with Gasteiger partial charge in [-0.25, -0.2) is 9.78 Å². The van der Waals surface area contributed by atoms with Crippen LogP contribution in [0.2, 0.25) is 0 Å². The number of fused-ring (bicyclic) bond motifs is 3. The van der Waals surface area contributed by atoms with Gasteiger partial charge in [0.25, 0.3) is 0 Å². The van der Waals surface area contributed by atoms with Crippen LogP contribution in [0.4, 0.5) is 13.2 Å². The molecule has 0 amide bonds. The molecule has 0 aliphatic heterocycles. The van der Waals surface area contributed by atoms with Crippen molar-refractivity contribution in [3.63, 3.8) is 0 Å². The van der Waals surface area contributed by atoms with Gasteiger partial charge < -0.3 is 4.74 Å². The molecule has 1 aliphatic carbocycles. The van der Waals surface area contributed by atoms with Crippen LogP contribution in [0.25, 0.3) is 10.9 Å². The molecule has 0 radical (unpaired) electrons. The lowest BCUT2D eigenvalue weighted by Crippen LogP contribution is -2.15. The summed E-state index contributed by atoms with van der Waals surface area (Å²) >= 11 is 0. The van der Waals surface area contributed by atoms with Crippen LogP contribution in [-0.2, 0) is 23.8 Å². The van der Waals surface area contributed by atoms with Crippen LogP contribution in [-0.4, -0.2) is 18.1 Å². The molecule has 3 rings (SSSR count). The second-order valence-electron chi connectivity index (χ2n) is 5.35. The Labute approximate surface area is 125 Å². The van der Waals surface area contributed by atoms with Crippen molar-refractivity contribution >= 4 is 16.9 Å². The Kier molecular flexibility index (Phi) is 3.54. The van der Waals surface area contributed by atoms with E-state index in [1.165, 1.54) is 13.2 Å². The molecule has 3 nitrogen and oxygen atoms in total. The molecule has 0 fully saturated rings. The maximum Gasteiger partial charge on any atom is 0.416 e. The third-order valence-electron chi connectivity index (χ3n) is 4.01. The van der Waals surface area contributed by atoms with E-state index in [0.717, 1.165) is 36.1 Å². The number of hydrogen-bond acceptors (Lipinski definition) is 3. The van der Waals surface area contributed by atoms with E-state index in [0.29, 0.717) is 23.7 Å². The summed E-state index contributed by atoms with van der Waals surface area (Å²) in [5.41, 5.74) is 1.45. The summed E-state index contributed by atoms with van der Waals surface area (Å²) in [6, 6.07) is 3.44. The van der Waals surface area contributed by atoms with Gasteiger partial charge in [0.05, 0.1) is 18.2 Å². The van der Waals surface area contributed by atoms with Crippen LogP contribution in [0, 0.1) is 0 Å². The summed E-state index contributed by atoms with van der Waals surface area (Å²) in [6.07, 6.45) is -1.32. The minimum Gasteiger partial charge on any atom is -0.464 e. The second-order valence-corrected chi connectivity index (χ2v) is 5.35. The number of rotatable bonds is 1. The predicted octanol–water partition coefficient (Wildman–Crippen LogP) is 3.92. The van der Waals surface area contributed by atoms with Crippen molar-refractivity contribution < 1.29 is 22.7 Å². The zero-order valence-corrected chi connectivity index (χ0v) is 12.0. The average Bonchev–Trinajstić information content (AvgIpc) is 2.52. The van der Waals surface area contributed by atoms with Gasteiger partial charge in [0, 0.05) is 5.39 Å². The molecule has 0 saturated carbocycles. The van der Waals surface area contributed by atoms with Gasteiger partial charge in [0.1, 0.15) is 0 Å². The fourth-order valence-corrected chi connectivity index (χ4v) is 2.97. The third kappa shape index (κ3) is 2.42. The third-order valence-corrected chi connectivity index (χ3v) is 4.01. The van der Waals surface area contributed by atoms with Gasteiger partial charge in [-0.3, -0.25) is 0 Å². The molecular weight excluding hydrogens is 295 g/mol. The van der Waals surface area contributed by atoms with Crippen molar-refractivity contribution in [1.82, 2.24) is 4.98 Å². The van der Waals surface area contributed by atoms with E-state index in [2.05, 4.69) is 4.98 Å². The van der Waals surface area contributed by atoms with Crippen LogP contribution >= 0.6 is 0 Å². The minimum atomic E-state index is -4.39. The van der Waals surface area contributed by atoms with Crippen molar-refractivity contribution in [1.29, 1.82) is 0 Å². The largest absolute Gasteiger partial charge is 0.464 e. The Bertz CT molecular complexity index is 753. The number of benzene rings is 1. The predicted molar refractivity (Wildman–Crippen MR) is 74.7 cm³/mol. The first kappa shape index (κ1) is 14.8. The number of carbonyl (C=O) groups excluding carboxylic acids is 1. The van der Waals surface area contributed by atoms with Gasteiger partial charge in [-0.05, 0) is 55.0 Å². The van der Waals surface area contributed by atoms with Gasteiger partial charge in [-0.2, -0.15) is 13.2 Å². The fraction of sp³-hybridized carbons (Fsp3) is 0.375. The monoisotopic (exact) mass is 309 g/mol. The first-order valence-corrected chi connectivity index (χ1v) is 7.03. The van der Waals surface area contributed by atoms with E-state index in [-0.39, 0.29) is 5.69 Å². The molecule has 0 N–H and O–H groups in total. The lowest BCUT2D eigenvalue weighted by molar-refractivity contribution is -0.137. The molecule has 1 aromatic carbocycles. The molecule has 1 aliphatic rings. The van der Waals surface area contributed by atoms with Crippen LogP contribution < -0.4 is 0 Å². The van der Waals surface area contributed by atoms with E-state index in [4.69, 9.17) is 4.74 Å². The maximum absolute atomic E-state index is 12.9. The van der Waals surface area contributed by atoms with E-state index >= 15 is 0 Å².